The SMILES string of the molecule is CC(NCC1CC1)C(=O)OC(C)(C)C. The molecule has 0 saturated heterocycles. The van der Waals surface area contributed by atoms with Crippen molar-refractivity contribution < 1.29 is 9.53 Å². The van der Waals surface area contributed by atoms with Gasteiger partial charge in [-0.3, -0.25) is 4.79 Å². The second-order valence-electron chi connectivity index (χ2n) is 5.11. The fraction of sp³-hybridized carbons (Fsp3) is 0.909. The molecule has 3 heteroatoms. The molecule has 0 heterocycles. The van der Waals surface area contributed by atoms with Gasteiger partial charge in [0.25, 0.3) is 0 Å². The third-order valence-corrected chi connectivity index (χ3v) is 2.17. The summed E-state index contributed by atoms with van der Waals surface area (Å²) in [5.74, 6) is 0.637. The van der Waals surface area contributed by atoms with Crippen molar-refractivity contribution in [1.29, 1.82) is 0 Å². The highest BCUT2D eigenvalue weighted by Crippen LogP contribution is 2.27. The molecule has 14 heavy (non-hydrogen) atoms. The van der Waals surface area contributed by atoms with E-state index in [1.807, 2.05) is 27.7 Å². The lowest BCUT2D eigenvalue weighted by atomic mass is 10.2. The molecule has 82 valence electrons. The van der Waals surface area contributed by atoms with E-state index < -0.39 is 0 Å². The van der Waals surface area contributed by atoms with Gasteiger partial charge < -0.3 is 10.1 Å². The van der Waals surface area contributed by atoms with Crippen molar-refractivity contribution in [2.75, 3.05) is 6.54 Å². The molecule has 1 saturated carbocycles. The van der Waals surface area contributed by atoms with Gasteiger partial charge in [-0.05, 0) is 53.0 Å². The number of carbonyl (C=O) groups excluding carboxylic acids is 1. The summed E-state index contributed by atoms with van der Waals surface area (Å²) in [6, 6.07) is -0.185. The zero-order chi connectivity index (χ0) is 10.8. The first-order valence-electron chi connectivity index (χ1n) is 5.35. The Morgan fingerprint density at radius 2 is 2.07 bits per heavy atom. The van der Waals surface area contributed by atoms with Crippen LogP contribution in [-0.4, -0.2) is 24.2 Å². The number of hydrogen-bond donors (Lipinski definition) is 1. The molecule has 0 spiro atoms. The third kappa shape index (κ3) is 4.61. The normalized spacial score (nSPS) is 19.1. The first kappa shape index (κ1) is 11.5. The van der Waals surface area contributed by atoms with Gasteiger partial charge in [-0.15, -0.1) is 0 Å². The summed E-state index contributed by atoms with van der Waals surface area (Å²) < 4.78 is 5.25. The number of esters is 1. The largest absolute Gasteiger partial charge is 0.459 e. The Kier molecular flexibility index (Phi) is 3.53. The first-order valence-corrected chi connectivity index (χ1v) is 5.35. The van der Waals surface area contributed by atoms with Crippen LogP contribution >= 0.6 is 0 Å². The van der Waals surface area contributed by atoms with Gasteiger partial charge in [-0.2, -0.15) is 0 Å². The predicted octanol–water partition coefficient (Wildman–Crippen LogP) is 1.72. The van der Waals surface area contributed by atoms with Crippen LogP contribution < -0.4 is 5.32 Å². The summed E-state index contributed by atoms with van der Waals surface area (Å²) in [5.41, 5.74) is -0.382. The van der Waals surface area contributed by atoms with E-state index in [9.17, 15) is 4.79 Å². The van der Waals surface area contributed by atoms with Crippen LogP contribution in [0, 0.1) is 5.92 Å². The van der Waals surface area contributed by atoms with Gasteiger partial charge in [0.05, 0.1) is 0 Å². The van der Waals surface area contributed by atoms with Crippen molar-refractivity contribution in [3.05, 3.63) is 0 Å². The standard InChI is InChI=1S/C11H21NO2/c1-8(12-7-9-5-6-9)10(13)14-11(2,3)4/h8-9,12H,5-7H2,1-4H3. The van der Waals surface area contributed by atoms with Crippen LogP contribution in [0.15, 0.2) is 0 Å². The van der Waals surface area contributed by atoms with Crippen LogP contribution in [0.4, 0.5) is 0 Å². The van der Waals surface area contributed by atoms with E-state index in [1.165, 1.54) is 12.8 Å². The number of rotatable bonds is 4. The third-order valence-electron chi connectivity index (χ3n) is 2.17. The highest BCUT2D eigenvalue weighted by Gasteiger charge is 2.25. The molecular weight excluding hydrogens is 178 g/mol. The van der Waals surface area contributed by atoms with Gasteiger partial charge in [0, 0.05) is 0 Å². The lowest BCUT2D eigenvalue weighted by molar-refractivity contribution is -0.156. The zero-order valence-electron chi connectivity index (χ0n) is 9.59. The lowest BCUT2D eigenvalue weighted by Crippen LogP contribution is -2.40. The van der Waals surface area contributed by atoms with Crippen LogP contribution in [-0.2, 0) is 9.53 Å². The van der Waals surface area contributed by atoms with E-state index in [-0.39, 0.29) is 17.6 Å². The average molecular weight is 199 g/mol. The average Bonchev–Trinajstić information content (AvgIpc) is 2.79. The van der Waals surface area contributed by atoms with Gasteiger partial charge in [0.1, 0.15) is 11.6 Å². The maximum Gasteiger partial charge on any atom is 0.323 e. The molecule has 1 aliphatic carbocycles. The van der Waals surface area contributed by atoms with Crippen molar-refractivity contribution >= 4 is 5.97 Å². The molecular formula is C11H21NO2. The maximum atomic E-state index is 11.5. The van der Waals surface area contributed by atoms with E-state index in [2.05, 4.69) is 5.32 Å². The smallest absolute Gasteiger partial charge is 0.323 e. The maximum absolute atomic E-state index is 11.5. The summed E-state index contributed by atoms with van der Waals surface area (Å²) >= 11 is 0. The molecule has 0 aliphatic heterocycles. The Hall–Kier alpha value is -0.570. The molecule has 0 radical (unpaired) electrons. The summed E-state index contributed by atoms with van der Waals surface area (Å²) in [6.07, 6.45) is 2.60. The molecule has 1 N–H and O–H groups in total. The fourth-order valence-corrected chi connectivity index (χ4v) is 1.14. The molecule has 0 aromatic rings. The van der Waals surface area contributed by atoms with Crippen molar-refractivity contribution in [1.82, 2.24) is 5.32 Å². The number of nitrogens with one attached hydrogen (secondary N) is 1. The van der Waals surface area contributed by atoms with Crippen LogP contribution in [0.1, 0.15) is 40.5 Å². The van der Waals surface area contributed by atoms with Crippen molar-refractivity contribution in [2.24, 2.45) is 5.92 Å². The summed E-state index contributed by atoms with van der Waals surface area (Å²) in [6.45, 7) is 8.46. The van der Waals surface area contributed by atoms with E-state index >= 15 is 0 Å². The Bertz CT molecular complexity index is 204. The van der Waals surface area contributed by atoms with Crippen molar-refractivity contribution in [3.63, 3.8) is 0 Å². The first-order chi connectivity index (χ1) is 6.38. The highest BCUT2D eigenvalue weighted by molar-refractivity contribution is 5.75. The van der Waals surface area contributed by atoms with E-state index in [0.29, 0.717) is 0 Å². The fourth-order valence-electron chi connectivity index (χ4n) is 1.14. The summed E-state index contributed by atoms with van der Waals surface area (Å²) in [7, 11) is 0. The molecule has 1 atom stereocenters. The van der Waals surface area contributed by atoms with Gasteiger partial charge in [-0.25, -0.2) is 0 Å². The molecule has 1 aliphatic rings. The topological polar surface area (TPSA) is 38.3 Å². The second kappa shape index (κ2) is 4.30. The van der Waals surface area contributed by atoms with Crippen molar-refractivity contribution in [3.8, 4) is 0 Å². The van der Waals surface area contributed by atoms with Gasteiger partial charge in [0.2, 0.25) is 0 Å². The minimum absolute atomic E-state index is 0.154. The minimum Gasteiger partial charge on any atom is -0.459 e. The minimum atomic E-state index is -0.382. The quantitative estimate of drug-likeness (QED) is 0.701. The Morgan fingerprint density at radius 1 is 1.50 bits per heavy atom. The predicted molar refractivity (Wildman–Crippen MR) is 56.0 cm³/mol. The van der Waals surface area contributed by atoms with Crippen LogP contribution in [0.3, 0.4) is 0 Å². The monoisotopic (exact) mass is 199 g/mol. The van der Waals surface area contributed by atoms with Gasteiger partial charge >= 0.3 is 5.97 Å². The van der Waals surface area contributed by atoms with Crippen LogP contribution in [0.5, 0.6) is 0 Å². The molecule has 1 unspecified atom stereocenters. The van der Waals surface area contributed by atoms with Crippen molar-refractivity contribution in [2.45, 2.75) is 52.2 Å². The van der Waals surface area contributed by atoms with Crippen LogP contribution in [0.25, 0.3) is 0 Å². The van der Waals surface area contributed by atoms with Crippen LogP contribution in [0.2, 0.25) is 0 Å². The van der Waals surface area contributed by atoms with E-state index in [0.717, 1.165) is 12.5 Å². The Balaban J connectivity index is 2.20. The molecule has 0 aromatic heterocycles. The summed E-state index contributed by atoms with van der Waals surface area (Å²) in [5, 5.41) is 3.19. The second-order valence-corrected chi connectivity index (χ2v) is 5.11. The molecule has 1 fully saturated rings. The number of ether oxygens (including phenoxy) is 1. The highest BCUT2D eigenvalue weighted by atomic mass is 16.6. The van der Waals surface area contributed by atoms with Gasteiger partial charge in [0.15, 0.2) is 0 Å². The lowest BCUT2D eigenvalue weighted by Gasteiger charge is -2.22. The van der Waals surface area contributed by atoms with Gasteiger partial charge in [-0.1, -0.05) is 0 Å². The van der Waals surface area contributed by atoms with E-state index in [4.69, 9.17) is 4.74 Å². The molecule has 1 rings (SSSR count). The number of carbonyl (C=O) groups is 1. The van der Waals surface area contributed by atoms with E-state index in [1.54, 1.807) is 0 Å². The molecule has 0 bridgehead atoms. The molecule has 0 amide bonds. The zero-order valence-corrected chi connectivity index (χ0v) is 9.59. The Morgan fingerprint density at radius 3 is 2.50 bits per heavy atom. The molecule has 0 aromatic carbocycles. The Labute approximate surface area is 86.2 Å². The summed E-state index contributed by atoms with van der Waals surface area (Å²) in [4.78, 5) is 11.5. The number of hydrogen-bond acceptors (Lipinski definition) is 3. The molecule has 3 nitrogen and oxygen atoms in total.